The van der Waals surface area contributed by atoms with E-state index in [2.05, 4.69) is 19.9 Å². The molecule has 1 N–H and O–H groups in total. The van der Waals surface area contributed by atoms with Crippen molar-refractivity contribution in [2.45, 2.75) is 6.18 Å². The van der Waals surface area contributed by atoms with Crippen LogP contribution < -0.4 is 5.56 Å². The molecule has 0 aliphatic carbocycles. The molecule has 3 heterocycles. The van der Waals surface area contributed by atoms with Gasteiger partial charge in [0.05, 0.1) is 28.7 Å². The zero-order chi connectivity index (χ0) is 15.0. The summed E-state index contributed by atoms with van der Waals surface area (Å²) in [7, 11) is 0. The van der Waals surface area contributed by atoms with Crippen LogP contribution in [0.2, 0.25) is 0 Å². The van der Waals surface area contributed by atoms with E-state index in [1.807, 2.05) is 0 Å². The van der Waals surface area contributed by atoms with Crippen molar-refractivity contribution in [1.29, 1.82) is 0 Å². The average molecular weight is 292 g/mol. The van der Waals surface area contributed by atoms with Crippen LogP contribution in [-0.2, 0) is 6.18 Å². The molecule has 0 saturated carbocycles. The standard InChI is InChI=1S/C13H7F3N4O/c14-13(15,16)7-1-3-9(17-5-7)10-4-2-8-11(20-10)18-6-19-12(8)21/h1-6H,(H,18,19,20,21). The van der Waals surface area contributed by atoms with Crippen LogP contribution in [0.15, 0.2) is 41.6 Å². The molecule has 0 fully saturated rings. The van der Waals surface area contributed by atoms with Gasteiger partial charge in [0.25, 0.3) is 5.56 Å². The van der Waals surface area contributed by atoms with Gasteiger partial charge in [-0.3, -0.25) is 9.78 Å². The average Bonchev–Trinajstić information content (AvgIpc) is 2.46. The van der Waals surface area contributed by atoms with Crippen molar-refractivity contribution in [3.05, 3.63) is 52.7 Å². The van der Waals surface area contributed by atoms with Crippen LogP contribution in [0, 0.1) is 0 Å². The van der Waals surface area contributed by atoms with Crippen LogP contribution in [0.25, 0.3) is 22.4 Å². The van der Waals surface area contributed by atoms with Crippen LogP contribution in [0.1, 0.15) is 5.56 Å². The van der Waals surface area contributed by atoms with Gasteiger partial charge in [-0.2, -0.15) is 13.2 Å². The molecule has 3 aromatic heterocycles. The molecule has 0 aliphatic rings. The van der Waals surface area contributed by atoms with E-state index in [-0.39, 0.29) is 16.9 Å². The SMILES string of the molecule is O=c1[nH]cnc2nc(-c3ccc(C(F)(F)F)cn3)ccc12. The molecular weight excluding hydrogens is 285 g/mol. The number of nitrogens with one attached hydrogen (secondary N) is 1. The largest absolute Gasteiger partial charge is 0.417 e. The first-order valence-corrected chi connectivity index (χ1v) is 5.83. The van der Waals surface area contributed by atoms with Crippen molar-refractivity contribution in [2.24, 2.45) is 0 Å². The van der Waals surface area contributed by atoms with Gasteiger partial charge < -0.3 is 4.98 Å². The number of aromatic amines is 1. The Hall–Kier alpha value is -2.77. The van der Waals surface area contributed by atoms with Crippen LogP contribution in [-0.4, -0.2) is 19.9 Å². The lowest BCUT2D eigenvalue weighted by molar-refractivity contribution is -0.137. The minimum absolute atomic E-state index is 0.206. The number of H-pyrrole nitrogens is 1. The van der Waals surface area contributed by atoms with Gasteiger partial charge in [-0.1, -0.05) is 0 Å². The lowest BCUT2D eigenvalue weighted by Crippen LogP contribution is -2.07. The first-order valence-electron chi connectivity index (χ1n) is 5.83. The summed E-state index contributed by atoms with van der Waals surface area (Å²) < 4.78 is 37.4. The molecule has 0 saturated heterocycles. The predicted molar refractivity (Wildman–Crippen MR) is 68.4 cm³/mol. The molecule has 106 valence electrons. The molecule has 0 spiro atoms. The molecule has 5 nitrogen and oxygen atoms in total. The lowest BCUT2D eigenvalue weighted by Gasteiger charge is -2.06. The van der Waals surface area contributed by atoms with Gasteiger partial charge in [-0.05, 0) is 24.3 Å². The number of fused-ring (bicyclic) bond motifs is 1. The number of pyridine rings is 2. The predicted octanol–water partition coefficient (Wildman–Crippen LogP) is 2.40. The van der Waals surface area contributed by atoms with E-state index < -0.39 is 11.7 Å². The fourth-order valence-electron chi connectivity index (χ4n) is 1.81. The van der Waals surface area contributed by atoms with Crippen molar-refractivity contribution in [1.82, 2.24) is 19.9 Å². The zero-order valence-corrected chi connectivity index (χ0v) is 10.3. The number of aromatic nitrogens is 4. The van der Waals surface area contributed by atoms with Crippen LogP contribution in [0.5, 0.6) is 0 Å². The van der Waals surface area contributed by atoms with E-state index in [1.54, 1.807) is 0 Å². The molecule has 0 radical (unpaired) electrons. The van der Waals surface area contributed by atoms with E-state index in [0.717, 1.165) is 12.3 Å². The van der Waals surface area contributed by atoms with Crippen molar-refractivity contribution >= 4 is 11.0 Å². The minimum Gasteiger partial charge on any atom is -0.313 e. The quantitative estimate of drug-likeness (QED) is 0.747. The summed E-state index contributed by atoms with van der Waals surface area (Å²) in [5.74, 6) is 0. The number of halogens is 3. The molecule has 3 rings (SSSR count). The van der Waals surface area contributed by atoms with Crippen molar-refractivity contribution in [3.63, 3.8) is 0 Å². The summed E-state index contributed by atoms with van der Waals surface area (Å²) in [6.45, 7) is 0. The molecule has 3 aromatic rings. The lowest BCUT2D eigenvalue weighted by atomic mass is 10.2. The molecule has 0 unspecified atom stereocenters. The zero-order valence-electron chi connectivity index (χ0n) is 10.3. The maximum Gasteiger partial charge on any atom is 0.417 e. The van der Waals surface area contributed by atoms with E-state index >= 15 is 0 Å². The second kappa shape index (κ2) is 4.65. The minimum atomic E-state index is -4.43. The number of alkyl halides is 3. The topological polar surface area (TPSA) is 71.5 Å². The Kier molecular flexibility index (Phi) is 2.93. The molecule has 0 atom stereocenters. The molecule has 0 aliphatic heterocycles. The summed E-state index contributed by atoms with van der Waals surface area (Å²) in [6.07, 6.45) is -2.48. The normalized spacial score (nSPS) is 11.8. The maximum absolute atomic E-state index is 12.5. The Bertz CT molecular complexity index is 856. The first kappa shape index (κ1) is 13.2. The third-order valence-electron chi connectivity index (χ3n) is 2.86. The summed E-state index contributed by atoms with van der Waals surface area (Å²) in [5, 5.41) is 0.299. The summed E-state index contributed by atoms with van der Waals surface area (Å²) in [6, 6.07) is 5.17. The van der Waals surface area contributed by atoms with Crippen molar-refractivity contribution < 1.29 is 13.2 Å². The van der Waals surface area contributed by atoms with Crippen LogP contribution in [0.3, 0.4) is 0 Å². The molecule has 21 heavy (non-hydrogen) atoms. The second-order valence-corrected chi connectivity index (χ2v) is 4.23. The monoisotopic (exact) mass is 292 g/mol. The molecule has 0 amide bonds. The highest BCUT2D eigenvalue weighted by Gasteiger charge is 2.30. The van der Waals surface area contributed by atoms with Gasteiger partial charge in [-0.15, -0.1) is 0 Å². The second-order valence-electron chi connectivity index (χ2n) is 4.23. The number of nitrogens with zero attached hydrogens (tertiary/aromatic N) is 3. The van der Waals surface area contributed by atoms with Crippen LogP contribution >= 0.6 is 0 Å². The van der Waals surface area contributed by atoms with Gasteiger partial charge in [0.2, 0.25) is 0 Å². The summed E-state index contributed by atoms with van der Waals surface area (Å²) >= 11 is 0. The van der Waals surface area contributed by atoms with E-state index in [9.17, 15) is 18.0 Å². The van der Waals surface area contributed by atoms with Gasteiger partial charge >= 0.3 is 6.18 Å². The Labute approximate surface area is 115 Å². The van der Waals surface area contributed by atoms with Gasteiger partial charge in [0, 0.05) is 6.20 Å². The molecular formula is C13H7F3N4O. The summed E-state index contributed by atoms with van der Waals surface area (Å²) in [4.78, 5) is 25.7. The maximum atomic E-state index is 12.5. The number of rotatable bonds is 1. The van der Waals surface area contributed by atoms with E-state index in [0.29, 0.717) is 11.1 Å². The third kappa shape index (κ3) is 2.47. The van der Waals surface area contributed by atoms with Crippen molar-refractivity contribution in [3.8, 4) is 11.4 Å². The fraction of sp³-hybridized carbons (Fsp3) is 0.0769. The summed E-state index contributed by atoms with van der Waals surface area (Å²) in [5.41, 5.74) is -0.347. The van der Waals surface area contributed by atoms with E-state index in [4.69, 9.17) is 0 Å². The molecule has 8 heteroatoms. The van der Waals surface area contributed by atoms with E-state index in [1.165, 1.54) is 24.5 Å². The fourth-order valence-corrected chi connectivity index (χ4v) is 1.81. The number of hydrogen-bond donors (Lipinski definition) is 1. The highest BCUT2D eigenvalue weighted by Crippen LogP contribution is 2.29. The Morgan fingerprint density at radius 3 is 2.43 bits per heavy atom. The van der Waals surface area contributed by atoms with Crippen molar-refractivity contribution in [2.75, 3.05) is 0 Å². The molecule has 0 aromatic carbocycles. The highest BCUT2D eigenvalue weighted by molar-refractivity contribution is 5.76. The molecule has 0 bridgehead atoms. The van der Waals surface area contributed by atoms with Gasteiger partial charge in [0.15, 0.2) is 5.65 Å². The van der Waals surface area contributed by atoms with Crippen LogP contribution in [0.4, 0.5) is 13.2 Å². The smallest absolute Gasteiger partial charge is 0.313 e. The van der Waals surface area contributed by atoms with Gasteiger partial charge in [-0.25, -0.2) is 9.97 Å². The highest BCUT2D eigenvalue weighted by atomic mass is 19.4. The third-order valence-corrected chi connectivity index (χ3v) is 2.86. The Morgan fingerprint density at radius 2 is 1.76 bits per heavy atom. The van der Waals surface area contributed by atoms with Gasteiger partial charge in [0.1, 0.15) is 0 Å². The number of hydrogen-bond acceptors (Lipinski definition) is 4. The first-order chi connectivity index (χ1) is 9.95. The Balaban J connectivity index is 2.06. The Morgan fingerprint density at radius 1 is 1.00 bits per heavy atom.